The number of carbonyl (C=O) groups excluding carboxylic acids is 3. The van der Waals surface area contributed by atoms with E-state index in [9.17, 15) is 14.4 Å². The molecule has 1 fully saturated rings. The number of benzene rings is 1. The number of unbranched alkanes of at least 4 members (excludes halogenated alkanes) is 2. The number of amides is 3. The van der Waals surface area contributed by atoms with Crippen LogP contribution in [0.15, 0.2) is 108 Å². The van der Waals surface area contributed by atoms with Gasteiger partial charge in [0.25, 0.3) is 0 Å². The molecule has 336 valence electrons. The van der Waals surface area contributed by atoms with Crippen LogP contribution in [0.5, 0.6) is 0 Å². The molecule has 15 heteroatoms. The molecule has 6 rings (SSSR count). The number of primary amides is 1. The van der Waals surface area contributed by atoms with Crippen LogP contribution in [0.4, 0.5) is 5.95 Å². The number of nitrogens with zero attached hydrogens (tertiary/aromatic N) is 7. The number of likely N-dealkylation sites (tertiary alicyclic amines) is 1. The van der Waals surface area contributed by atoms with E-state index in [1.165, 1.54) is 4.90 Å². The van der Waals surface area contributed by atoms with Gasteiger partial charge in [0, 0.05) is 78.3 Å². The number of aromatic nitrogens is 5. The largest absolute Gasteiger partial charge is 0.384 e. The molecule has 2 aliphatic heterocycles. The van der Waals surface area contributed by atoms with E-state index in [4.69, 9.17) is 25.7 Å². The highest BCUT2D eigenvalue weighted by Gasteiger charge is 2.33. The molecule has 5 heterocycles. The van der Waals surface area contributed by atoms with E-state index >= 15 is 0 Å². The van der Waals surface area contributed by atoms with Crippen LogP contribution >= 0.6 is 12.6 Å². The number of nitrogens with one attached hydrogen (secondary N) is 3. The smallest absolute Gasteiger partial charge is 0.248 e. The fraction of sp³-hybridized carbons (Fsp3) is 0.367. The van der Waals surface area contributed by atoms with E-state index in [0.717, 1.165) is 118 Å². The topological polar surface area (TPSA) is 177 Å². The quantitative estimate of drug-likeness (QED) is 0.0284. The van der Waals surface area contributed by atoms with Crippen molar-refractivity contribution in [3.05, 3.63) is 126 Å². The second-order valence-corrected chi connectivity index (χ2v) is 17.3. The van der Waals surface area contributed by atoms with Gasteiger partial charge in [-0.25, -0.2) is 15.0 Å². The molecule has 3 aromatic heterocycles. The van der Waals surface area contributed by atoms with E-state index in [1.54, 1.807) is 6.07 Å². The first-order valence-corrected chi connectivity index (χ1v) is 22.3. The number of pyridine rings is 1. The fourth-order valence-electron chi connectivity index (χ4n) is 8.00. The number of hydrogen-bond donors (Lipinski definition) is 5. The summed E-state index contributed by atoms with van der Waals surface area (Å²) in [5, 5.41) is 9.07. The lowest BCUT2D eigenvalue weighted by Gasteiger charge is -2.17. The van der Waals surface area contributed by atoms with Crippen LogP contribution in [0, 0.1) is 6.92 Å². The molecule has 2 aliphatic rings. The number of rotatable bonds is 23. The van der Waals surface area contributed by atoms with Gasteiger partial charge in [-0.2, -0.15) is 12.6 Å². The van der Waals surface area contributed by atoms with Crippen LogP contribution < -0.4 is 21.7 Å². The highest BCUT2D eigenvalue weighted by atomic mass is 32.1. The van der Waals surface area contributed by atoms with E-state index in [1.807, 2.05) is 39.1 Å². The van der Waals surface area contributed by atoms with Crippen molar-refractivity contribution in [2.24, 2.45) is 10.7 Å². The average molecular weight is 884 g/mol. The zero-order valence-corrected chi connectivity index (χ0v) is 38.5. The van der Waals surface area contributed by atoms with E-state index in [-0.39, 0.29) is 24.9 Å². The summed E-state index contributed by atoms with van der Waals surface area (Å²) < 4.78 is 4.23. The second-order valence-electron chi connectivity index (χ2n) is 16.7. The third kappa shape index (κ3) is 11.2. The number of allylic oxidation sites excluding steroid dienone is 6. The van der Waals surface area contributed by atoms with Gasteiger partial charge in [-0.15, -0.1) is 0 Å². The first-order chi connectivity index (χ1) is 30.5. The molecular weight excluding hydrogens is 823 g/mol. The third-order valence-electron chi connectivity index (χ3n) is 11.5. The van der Waals surface area contributed by atoms with Crippen LogP contribution in [-0.2, 0) is 29.1 Å². The van der Waals surface area contributed by atoms with Crippen molar-refractivity contribution < 1.29 is 14.4 Å². The standard InChI is InChI=1S/C49H61N11O3S/c1-10-40-39(20-31(5)54-40)34(8)55-49-57-42-24-38(29(2)3)27-53-47(42)59(49)19-15-14-18-58-35(9)56-41-23-37(46(50)62)22-36(45(41)58)17-13-11-12-16-30(4)25-51-32(6)26-52-44(61)28-60-33(7)21-43(64)48(60)63/h14-15,22-24,27,43,51,64H,2,4,6-8,10-13,16-21,25-26,28H2,1,3,5,9H3,(H2,50,62)(H,52,61)(H,55,57)/b15-14+. The van der Waals surface area contributed by atoms with Gasteiger partial charge in [-0.1, -0.05) is 64.0 Å². The summed E-state index contributed by atoms with van der Waals surface area (Å²) in [5.41, 5.74) is 18.6. The Hall–Kier alpha value is -6.48. The Bertz CT molecular complexity index is 2660. The van der Waals surface area contributed by atoms with Crippen molar-refractivity contribution in [1.82, 2.24) is 39.6 Å². The molecule has 3 amide bonds. The van der Waals surface area contributed by atoms with Crippen molar-refractivity contribution in [1.29, 1.82) is 0 Å². The first kappa shape index (κ1) is 47.0. The van der Waals surface area contributed by atoms with Gasteiger partial charge >= 0.3 is 0 Å². The molecule has 64 heavy (non-hydrogen) atoms. The van der Waals surface area contributed by atoms with Crippen molar-refractivity contribution in [2.75, 3.05) is 25.0 Å². The average Bonchev–Trinajstić information content (AvgIpc) is 3.97. The monoisotopic (exact) mass is 883 g/mol. The third-order valence-corrected chi connectivity index (χ3v) is 11.9. The molecule has 4 aromatic rings. The lowest BCUT2D eigenvalue weighted by Crippen LogP contribution is -2.39. The Morgan fingerprint density at radius 1 is 0.969 bits per heavy atom. The Balaban J connectivity index is 1.05. The molecular formula is C49H61N11O3S. The Labute approximate surface area is 381 Å². The molecule has 0 spiro atoms. The fourth-order valence-corrected chi connectivity index (χ4v) is 8.35. The molecule has 1 unspecified atom stereocenters. The maximum atomic E-state index is 12.4. The van der Waals surface area contributed by atoms with E-state index in [0.29, 0.717) is 49.0 Å². The van der Waals surface area contributed by atoms with Crippen LogP contribution in [0.3, 0.4) is 0 Å². The van der Waals surface area contributed by atoms with Crippen LogP contribution in [0.25, 0.3) is 27.8 Å². The predicted octanol–water partition coefficient (Wildman–Crippen LogP) is 7.86. The predicted molar refractivity (Wildman–Crippen MR) is 262 cm³/mol. The summed E-state index contributed by atoms with van der Waals surface area (Å²) in [6.45, 7) is 30.4. The number of nitrogens with two attached hydrogens (primary N) is 1. The molecule has 0 aliphatic carbocycles. The molecule has 0 radical (unpaired) electrons. The van der Waals surface area contributed by atoms with Gasteiger partial charge in [-0.05, 0) is 87.8 Å². The lowest BCUT2D eigenvalue weighted by atomic mass is 10.0. The van der Waals surface area contributed by atoms with Gasteiger partial charge < -0.3 is 31.2 Å². The first-order valence-electron chi connectivity index (χ1n) is 21.8. The number of fused-ring (bicyclic) bond motifs is 2. The maximum absolute atomic E-state index is 12.4. The summed E-state index contributed by atoms with van der Waals surface area (Å²) in [7, 11) is 0. The zero-order chi connectivity index (χ0) is 46.2. The molecule has 1 atom stereocenters. The normalized spacial score (nSPS) is 15.2. The number of aryl methyl sites for hydroxylation is 2. The van der Waals surface area contributed by atoms with Gasteiger partial charge in [0.2, 0.25) is 23.7 Å². The number of imidazole rings is 2. The summed E-state index contributed by atoms with van der Waals surface area (Å²) in [6, 6.07) is 5.69. The number of aliphatic imine (C=N–C) groups is 1. The van der Waals surface area contributed by atoms with Crippen molar-refractivity contribution >= 4 is 69.8 Å². The number of anilines is 1. The molecule has 14 nitrogen and oxygen atoms in total. The number of carbonyl (C=O) groups is 3. The van der Waals surface area contributed by atoms with Gasteiger partial charge in [0.15, 0.2) is 5.65 Å². The highest BCUT2D eigenvalue weighted by Crippen LogP contribution is 2.31. The number of hydrogen-bond acceptors (Lipinski definition) is 10. The minimum Gasteiger partial charge on any atom is -0.384 e. The summed E-state index contributed by atoms with van der Waals surface area (Å²) >= 11 is 4.25. The minimum absolute atomic E-state index is 0.0849. The second kappa shape index (κ2) is 20.8. The SMILES string of the molecule is C=C(CCCCCc1cc(C(N)=O)cc2nc(C)n(C/C=C/Cn3c(NC(=C)C4=C(CC)N=C(C)C4)nc4cc(C(=C)C)cnc43)c12)CNC(=C)CNC(=O)CN1C(=C)CC(S)C1=O. The molecule has 1 aromatic carbocycles. The lowest BCUT2D eigenvalue weighted by molar-refractivity contribution is -0.131. The molecule has 0 bridgehead atoms. The Morgan fingerprint density at radius 3 is 2.39 bits per heavy atom. The maximum Gasteiger partial charge on any atom is 0.248 e. The van der Waals surface area contributed by atoms with Gasteiger partial charge in [0.1, 0.15) is 17.9 Å². The highest BCUT2D eigenvalue weighted by molar-refractivity contribution is 7.81. The van der Waals surface area contributed by atoms with Crippen LogP contribution in [-0.4, -0.2) is 77.3 Å². The molecule has 1 saturated heterocycles. The van der Waals surface area contributed by atoms with E-state index in [2.05, 4.69) is 89.7 Å². The summed E-state index contributed by atoms with van der Waals surface area (Å²) in [6.07, 6.45) is 12.4. The van der Waals surface area contributed by atoms with Gasteiger partial charge in [0.05, 0.1) is 22.8 Å². The van der Waals surface area contributed by atoms with Crippen LogP contribution in [0.2, 0.25) is 0 Å². The minimum atomic E-state index is -0.485. The van der Waals surface area contributed by atoms with Gasteiger partial charge in [-0.3, -0.25) is 23.9 Å². The van der Waals surface area contributed by atoms with Crippen molar-refractivity contribution in [3.8, 4) is 0 Å². The summed E-state index contributed by atoms with van der Waals surface area (Å²) in [5.74, 6) is 0.500. The van der Waals surface area contributed by atoms with Crippen LogP contribution in [0.1, 0.15) is 93.0 Å². The van der Waals surface area contributed by atoms with Crippen molar-refractivity contribution in [3.63, 3.8) is 0 Å². The van der Waals surface area contributed by atoms with E-state index < -0.39 is 11.2 Å². The Kier molecular flexibility index (Phi) is 15.3. The summed E-state index contributed by atoms with van der Waals surface area (Å²) in [4.78, 5) is 57.7. The molecule has 5 N–H and O–H groups in total. The zero-order valence-electron chi connectivity index (χ0n) is 37.6. The van der Waals surface area contributed by atoms with Crippen molar-refractivity contribution in [2.45, 2.75) is 97.4 Å². The molecule has 0 saturated carbocycles. The number of thiol groups is 1. The Morgan fingerprint density at radius 2 is 1.70 bits per heavy atom.